The molecule has 114 valence electrons. The fourth-order valence-electron chi connectivity index (χ4n) is 2.58. The number of carbonyl (C=O) groups excluding carboxylic acids is 1. The lowest BCUT2D eigenvalue weighted by atomic mass is 10.0. The lowest BCUT2D eigenvalue weighted by molar-refractivity contribution is -0.384. The number of nitro groups is 1. The van der Waals surface area contributed by atoms with Gasteiger partial charge in [0, 0.05) is 37.0 Å². The maximum atomic E-state index is 11.9. The number of non-ortho nitro benzene ring substituents is 1. The predicted molar refractivity (Wildman–Crippen MR) is 79.2 cm³/mol. The number of piperidine rings is 1. The van der Waals surface area contributed by atoms with Gasteiger partial charge in [0.25, 0.3) is 5.69 Å². The molecule has 0 radical (unpaired) electrons. The van der Waals surface area contributed by atoms with Crippen molar-refractivity contribution < 1.29 is 14.6 Å². The zero-order valence-electron chi connectivity index (χ0n) is 11.9. The van der Waals surface area contributed by atoms with Crippen molar-refractivity contribution in [3.05, 3.63) is 51.7 Å². The van der Waals surface area contributed by atoms with Gasteiger partial charge in [-0.1, -0.05) is 5.16 Å². The van der Waals surface area contributed by atoms with E-state index < -0.39 is 10.9 Å². The monoisotopic (exact) mass is 301 g/mol. The van der Waals surface area contributed by atoms with Crippen LogP contribution in [0.25, 0.3) is 0 Å². The minimum Gasteiger partial charge on any atom is -0.377 e. The van der Waals surface area contributed by atoms with E-state index in [1.165, 1.54) is 18.6 Å². The molecule has 7 heteroatoms. The number of rotatable bonds is 3. The average Bonchev–Trinajstić information content (AvgIpc) is 2.89. The quantitative estimate of drug-likeness (QED) is 0.370. The predicted octanol–water partition coefficient (Wildman–Crippen LogP) is 2.23. The Balaban J connectivity index is 1.86. The van der Waals surface area contributed by atoms with Crippen LogP contribution in [0.15, 0.2) is 41.2 Å². The van der Waals surface area contributed by atoms with E-state index in [9.17, 15) is 14.9 Å². The van der Waals surface area contributed by atoms with E-state index in [-0.39, 0.29) is 5.69 Å². The van der Waals surface area contributed by atoms with Gasteiger partial charge in [0.1, 0.15) is 11.3 Å². The Bertz CT molecular complexity index is 658. The highest BCUT2D eigenvalue weighted by molar-refractivity contribution is 6.28. The van der Waals surface area contributed by atoms with Crippen molar-refractivity contribution >= 4 is 17.4 Å². The number of oxime groups is 1. The van der Waals surface area contributed by atoms with E-state index in [0.29, 0.717) is 16.8 Å². The van der Waals surface area contributed by atoms with Gasteiger partial charge < -0.3 is 9.74 Å². The first-order valence-corrected chi connectivity index (χ1v) is 7.15. The van der Waals surface area contributed by atoms with Crippen molar-refractivity contribution in [3.8, 4) is 0 Å². The molecule has 0 bridgehead atoms. The van der Waals surface area contributed by atoms with Gasteiger partial charge in [-0.05, 0) is 31.4 Å². The van der Waals surface area contributed by atoms with E-state index in [1.54, 1.807) is 18.3 Å². The summed E-state index contributed by atoms with van der Waals surface area (Å²) in [6.07, 6.45) is 5.19. The number of carbonyl (C=O) groups is 1. The largest absolute Gasteiger partial charge is 0.377 e. The standard InChI is InChI=1S/C15H15N3O4/c19-15-13(10-17-8-2-1-3-9-17)14(16-22-15)11-4-6-12(7-5-11)18(20)21/h4-7,10H,1-3,8-9H2/b13-10-. The highest BCUT2D eigenvalue weighted by atomic mass is 16.7. The zero-order valence-corrected chi connectivity index (χ0v) is 11.9. The highest BCUT2D eigenvalue weighted by Gasteiger charge is 2.28. The summed E-state index contributed by atoms with van der Waals surface area (Å²) in [6.45, 7) is 1.81. The summed E-state index contributed by atoms with van der Waals surface area (Å²) in [5.41, 5.74) is 1.44. The van der Waals surface area contributed by atoms with Crippen LogP contribution in [0.4, 0.5) is 5.69 Å². The smallest absolute Gasteiger partial charge is 0.369 e. The first-order valence-electron chi connectivity index (χ1n) is 7.15. The molecule has 1 aromatic carbocycles. The Labute approximate surface area is 127 Å². The van der Waals surface area contributed by atoms with Crippen LogP contribution in [0.3, 0.4) is 0 Å². The molecule has 0 atom stereocenters. The van der Waals surface area contributed by atoms with Crippen LogP contribution in [0.5, 0.6) is 0 Å². The third kappa shape index (κ3) is 2.83. The summed E-state index contributed by atoms with van der Waals surface area (Å²) < 4.78 is 0. The maximum Gasteiger partial charge on any atom is 0.369 e. The van der Waals surface area contributed by atoms with Gasteiger partial charge in [-0.15, -0.1) is 0 Å². The van der Waals surface area contributed by atoms with Crippen LogP contribution in [-0.2, 0) is 9.63 Å². The number of hydrogen-bond acceptors (Lipinski definition) is 6. The van der Waals surface area contributed by atoms with Crippen LogP contribution < -0.4 is 0 Å². The van der Waals surface area contributed by atoms with E-state index >= 15 is 0 Å². The molecule has 1 saturated heterocycles. The third-order valence-electron chi connectivity index (χ3n) is 3.75. The molecular formula is C15H15N3O4. The van der Waals surface area contributed by atoms with Crippen molar-refractivity contribution in [2.24, 2.45) is 5.16 Å². The van der Waals surface area contributed by atoms with Crippen molar-refractivity contribution in [2.75, 3.05) is 13.1 Å². The van der Waals surface area contributed by atoms with Gasteiger partial charge in [0.15, 0.2) is 0 Å². The number of benzene rings is 1. The first-order chi connectivity index (χ1) is 10.6. The van der Waals surface area contributed by atoms with E-state index in [1.807, 2.05) is 0 Å². The molecule has 0 saturated carbocycles. The summed E-state index contributed by atoms with van der Waals surface area (Å²) in [6, 6.07) is 5.92. The van der Waals surface area contributed by atoms with E-state index in [4.69, 9.17) is 4.84 Å². The molecule has 0 amide bonds. The highest BCUT2D eigenvalue weighted by Crippen LogP contribution is 2.22. The lowest BCUT2D eigenvalue weighted by Gasteiger charge is -2.25. The van der Waals surface area contributed by atoms with Gasteiger partial charge in [0.2, 0.25) is 0 Å². The molecule has 1 aromatic rings. The fourth-order valence-corrected chi connectivity index (χ4v) is 2.58. The summed E-state index contributed by atoms with van der Waals surface area (Å²) >= 11 is 0. The molecule has 0 spiro atoms. The number of likely N-dealkylation sites (tertiary alicyclic amines) is 1. The topological polar surface area (TPSA) is 85.0 Å². The molecule has 7 nitrogen and oxygen atoms in total. The maximum absolute atomic E-state index is 11.9. The van der Waals surface area contributed by atoms with Gasteiger partial charge in [-0.25, -0.2) is 4.79 Å². The fraction of sp³-hybridized carbons (Fsp3) is 0.333. The molecule has 0 aromatic heterocycles. The van der Waals surface area contributed by atoms with Crippen molar-refractivity contribution in [3.63, 3.8) is 0 Å². The number of nitro benzene ring substituents is 1. The Morgan fingerprint density at radius 1 is 1.18 bits per heavy atom. The van der Waals surface area contributed by atoms with Crippen molar-refractivity contribution in [1.82, 2.24) is 4.90 Å². The molecule has 2 heterocycles. The Morgan fingerprint density at radius 2 is 1.86 bits per heavy atom. The van der Waals surface area contributed by atoms with Crippen molar-refractivity contribution in [2.45, 2.75) is 19.3 Å². The molecular weight excluding hydrogens is 286 g/mol. The third-order valence-corrected chi connectivity index (χ3v) is 3.75. The van der Waals surface area contributed by atoms with Crippen LogP contribution in [0.1, 0.15) is 24.8 Å². The summed E-state index contributed by atoms with van der Waals surface area (Å²) in [5.74, 6) is -0.487. The van der Waals surface area contributed by atoms with Crippen LogP contribution >= 0.6 is 0 Å². The molecule has 22 heavy (non-hydrogen) atoms. The second-order valence-corrected chi connectivity index (χ2v) is 5.26. The lowest BCUT2D eigenvalue weighted by Crippen LogP contribution is -2.26. The van der Waals surface area contributed by atoms with Gasteiger partial charge >= 0.3 is 5.97 Å². The van der Waals surface area contributed by atoms with Crippen LogP contribution in [0.2, 0.25) is 0 Å². The molecule has 0 aliphatic carbocycles. The van der Waals surface area contributed by atoms with Crippen molar-refractivity contribution in [1.29, 1.82) is 0 Å². The zero-order chi connectivity index (χ0) is 15.5. The summed E-state index contributed by atoms with van der Waals surface area (Å²) in [7, 11) is 0. The van der Waals surface area contributed by atoms with E-state index in [0.717, 1.165) is 25.9 Å². The SMILES string of the molecule is O=C1ON=C(c2ccc([N+](=O)[O-])cc2)/C1=C/N1CCCCC1. The molecule has 1 fully saturated rings. The molecule has 0 unspecified atom stereocenters. The number of hydrogen-bond donors (Lipinski definition) is 0. The van der Waals surface area contributed by atoms with Gasteiger partial charge in [-0.2, -0.15) is 0 Å². The van der Waals surface area contributed by atoms with Gasteiger partial charge in [0.05, 0.1) is 4.92 Å². The average molecular weight is 301 g/mol. The van der Waals surface area contributed by atoms with Gasteiger partial charge in [-0.3, -0.25) is 10.1 Å². The summed E-state index contributed by atoms with van der Waals surface area (Å²) in [4.78, 5) is 29.0. The second-order valence-electron chi connectivity index (χ2n) is 5.26. The minimum absolute atomic E-state index is 0.00356. The minimum atomic E-state index is -0.487. The Morgan fingerprint density at radius 3 is 2.50 bits per heavy atom. The van der Waals surface area contributed by atoms with Crippen LogP contribution in [0, 0.1) is 10.1 Å². The molecule has 2 aliphatic heterocycles. The summed E-state index contributed by atoms with van der Waals surface area (Å²) in [5, 5.41) is 14.5. The second kappa shape index (κ2) is 5.97. The number of nitrogens with zero attached hydrogens (tertiary/aromatic N) is 3. The molecule has 2 aliphatic rings. The Kier molecular flexibility index (Phi) is 3.86. The molecule has 3 rings (SSSR count). The van der Waals surface area contributed by atoms with E-state index in [2.05, 4.69) is 10.1 Å². The normalized spacial score (nSPS) is 20.0. The Hall–Kier alpha value is -2.70. The first kappa shape index (κ1) is 14.2. The molecule has 0 N–H and O–H groups in total. The van der Waals surface area contributed by atoms with Crippen LogP contribution in [-0.4, -0.2) is 34.6 Å².